The number of anilines is 1. The molecule has 10 heteroatoms. The minimum Gasteiger partial charge on any atom is -0.495 e. The molecule has 0 fully saturated rings. The number of sulfonamides is 1. The zero-order valence-electron chi connectivity index (χ0n) is 19.5. The Bertz CT molecular complexity index is 1370. The van der Waals surface area contributed by atoms with Crippen molar-refractivity contribution in [1.82, 2.24) is 5.43 Å². The van der Waals surface area contributed by atoms with Crippen molar-refractivity contribution in [2.75, 3.05) is 24.8 Å². The Balaban J connectivity index is 1.59. The van der Waals surface area contributed by atoms with Crippen LogP contribution in [0.2, 0.25) is 0 Å². The fraction of sp³-hybridized carbons (Fsp3) is 0.200. The third-order valence-electron chi connectivity index (χ3n) is 5.30. The van der Waals surface area contributed by atoms with Crippen molar-refractivity contribution in [3.8, 4) is 17.2 Å². The highest BCUT2D eigenvalue weighted by Gasteiger charge is 2.29. The molecule has 0 bridgehead atoms. The van der Waals surface area contributed by atoms with E-state index in [9.17, 15) is 13.2 Å². The third-order valence-corrected chi connectivity index (χ3v) is 7.07. The summed E-state index contributed by atoms with van der Waals surface area (Å²) in [6.45, 7) is 3.34. The number of nitrogens with zero attached hydrogens (tertiary/aromatic N) is 2. The normalized spacial score (nSPS) is 12.5. The predicted molar refractivity (Wildman–Crippen MR) is 132 cm³/mol. The van der Waals surface area contributed by atoms with Crippen molar-refractivity contribution >= 4 is 27.8 Å². The first kappa shape index (κ1) is 24.1. The summed E-state index contributed by atoms with van der Waals surface area (Å²) < 4.78 is 44.2. The van der Waals surface area contributed by atoms with Crippen LogP contribution in [-0.2, 0) is 14.8 Å². The first-order chi connectivity index (χ1) is 16.8. The zero-order chi connectivity index (χ0) is 25.0. The van der Waals surface area contributed by atoms with Gasteiger partial charge in [-0.3, -0.25) is 9.10 Å². The average molecular weight is 496 g/mol. The molecule has 35 heavy (non-hydrogen) atoms. The molecule has 182 valence electrons. The van der Waals surface area contributed by atoms with Crippen LogP contribution in [0, 0.1) is 13.8 Å². The lowest BCUT2D eigenvalue weighted by molar-refractivity contribution is -0.119. The lowest BCUT2D eigenvalue weighted by Crippen LogP contribution is -2.39. The summed E-state index contributed by atoms with van der Waals surface area (Å²) in [7, 11) is -2.64. The fourth-order valence-electron chi connectivity index (χ4n) is 3.47. The summed E-state index contributed by atoms with van der Waals surface area (Å²) >= 11 is 0. The third kappa shape index (κ3) is 5.38. The maximum Gasteiger partial charge on any atom is 0.264 e. The Hall–Kier alpha value is -4.05. The van der Waals surface area contributed by atoms with Crippen LogP contribution >= 0.6 is 0 Å². The van der Waals surface area contributed by atoms with Gasteiger partial charge in [0.1, 0.15) is 12.3 Å². The van der Waals surface area contributed by atoms with Crippen LogP contribution in [0.25, 0.3) is 0 Å². The summed E-state index contributed by atoms with van der Waals surface area (Å²) in [6, 6.07) is 16.8. The molecule has 0 saturated heterocycles. The van der Waals surface area contributed by atoms with E-state index in [1.807, 2.05) is 13.8 Å². The Kier molecular flexibility index (Phi) is 6.92. The van der Waals surface area contributed by atoms with Crippen molar-refractivity contribution in [3.63, 3.8) is 0 Å². The summed E-state index contributed by atoms with van der Waals surface area (Å²) in [6.07, 6.45) is 1.44. The quantitative estimate of drug-likeness (QED) is 0.379. The van der Waals surface area contributed by atoms with Gasteiger partial charge in [-0.2, -0.15) is 5.10 Å². The minimum atomic E-state index is -4.09. The van der Waals surface area contributed by atoms with Crippen molar-refractivity contribution in [2.24, 2.45) is 5.10 Å². The molecule has 0 unspecified atom stereocenters. The second-order valence-electron chi connectivity index (χ2n) is 7.91. The first-order valence-corrected chi connectivity index (χ1v) is 12.2. The molecule has 3 aromatic rings. The zero-order valence-corrected chi connectivity index (χ0v) is 20.3. The summed E-state index contributed by atoms with van der Waals surface area (Å²) in [5.74, 6) is 0.918. The molecule has 0 aromatic heterocycles. The van der Waals surface area contributed by atoms with E-state index in [0.29, 0.717) is 22.8 Å². The molecule has 9 nitrogen and oxygen atoms in total. The van der Waals surface area contributed by atoms with E-state index in [1.54, 1.807) is 48.5 Å². The number of benzene rings is 3. The molecule has 0 spiro atoms. The smallest absolute Gasteiger partial charge is 0.264 e. The van der Waals surface area contributed by atoms with Crippen molar-refractivity contribution in [1.29, 1.82) is 0 Å². The summed E-state index contributed by atoms with van der Waals surface area (Å²) in [4.78, 5) is 12.9. The maximum atomic E-state index is 13.6. The molecule has 1 heterocycles. The van der Waals surface area contributed by atoms with Crippen LogP contribution in [-0.4, -0.2) is 41.0 Å². The molecule has 1 aliphatic heterocycles. The molecule has 3 aromatic carbocycles. The molecule has 0 aliphatic carbocycles. The number of carbonyl (C=O) groups excluding carboxylic acids is 1. The number of fused-ring (bicyclic) bond motifs is 1. The second kappa shape index (κ2) is 10.1. The molecular weight excluding hydrogens is 470 g/mol. The van der Waals surface area contributed by atoms with Crippen LogP contribution in [0.15, 0.2) is 70.7 Å². The number of amides is 1. The van der Waals surface area contributed by atoms with Gasteiger partial charge in [-0.25, -0.2) is 13.8 Å². The van der Waals surface area contributed by atoms with Gasteiger partial charge in [-0.1, -0.05) is 23.8 Å². The Labute approximate surface area is 204 Å². The fourth-order valence-corrected chi connectivity index (χ4v) is 4.89. The number of aryl methyl sites for hydroxylation is 2. The lowest BCUT2D eigenvalue weighted by atomic mass is 10.2. The van der Waals surface area contributed by atoms with E-state index in [2.05, 4.69) is 10.5 Å². The van der Waals surface area contributed by atoms with E-state index in [-0.39, 0.29) is 17.4 Å². The second-order valence-corrected chi connectivity index (χ2v) is 9.77. The number of hydrogen-bond acceptors (Lipinski definition) is 7. The Morgan fingerprint density at radius 2 is 1.74 bits per heavy atom. The standard InChI is InChI=1S/C25H25N3O6S/c1-17-4-8-20(9-5-17)35(30,31)28(21-12-18(2)6-10-22(21)32-3)15-25(29)27-26-14-19-7-11-23-24(13-19)34-16-33-23/h4-14H,15-16H2,1-3H3,(H,27,29)/b26-14-. The number of hydrazone groups is 1. The molecule has 1 aliphatic rings. The molecule has 1 N–H and O–H groups in total. The summed E-state index contributed by atoms with van der Waals surface area (Å²) in [5, 5.41) is 3.97. The van der Waals surface area contributed by atoms with E-state index in [0.717, 1.165) is 15.4 Å². The molecule has 0 saturated carbocycles. The van der Waals surface area contributed by atoms with E-state index in [4.69, 9.17) is 14.2 Å². The minimum absolute atomic E-state index is 0.0586. The number of rotatable bonds is 8. The number of carbonyl (C=O) groups is 1. The molecule has 0 atom stereocenters. The van der Waals surface area contributed by atoms with Crippen LogP contribution in [0.1, 0.15) is 16.7 Å². The van der Waals surface area contributed by atoms with Crippen molar-refractivity contribution < 1.29 is 27.4 Å². The first-order valence-electron chi connectivity index (χ1n) is 10.7. The Morgan fingerprint density at radius 3 is 2.49 bits per heavy atom. The van der Waals surface area contributed by atoms with Gasteiger partial charge in [0.25, 0.3) is 15.9 Å². The highest BCUT2D eigenvalue weighted by molar-refractivity contribution is 7.92. The number of hydrogen-bond donors (Lipinski definition) is 1. The molecule has 1 amide bonds. The van der Waals surface area contributed by atoms with Crippen LogP contribution < -0.4 is 23.9 Å². The van der Waals surface area contributed by atoms with Gasteiger partial charge in [0, 0.05) is 0 Å². The number of nitrogens with one attached hydrogen (secondary N) is 1. The van der Waals surface area contributed by atoms with Crippen molar-refractivity contribution in [3.05, 3.63) is 77.4 Å². The van der Waals surface area contributed by atoms with Gasteiger partial charge in [0.15, 0.2) is 11.5 Å². The summed E-state index contributed by atoms with van der Waals surface area (Å²) in [5.41, 5.74) is 5.06. The molecule has 0 radical (unpaired) electrons. The van der Waals surface area contributed by atoms with Gasteiger partial charge in [0.05, 0.1) is 23.9 Å². The number of methoxy groups -OCH3 is 1. The van der Waals surface area contributed by atoms with Crippen LogP contribution in [0.5, 0.6) is 17.2 Å². The van der Waals surface area contributed by atoms with Gasteiger partial charge in [-0.05, 0) is 67.4 Å². The van der Waals surface area contributed by atoms with Crippen LogP contribution in [0.4, 0.5) is 5.69 Å². The molecular formula is C25H25N3O6S. The van der Waals surface area contributed by atoms with E-state index in [1.165, 1.54) is 25.5 Å². The topological polar surface area (TPSA) is 107 Å². The van der Waals surface area contributed by atoms with E-state index >= 15 is 0 Å². The van der Waals surface area contributed by atoms with Crippen LogP contribution in [0.3, 0.4) is 0 Å². The van der Waals surface area contributed by atoms with Gasteiger partial charge in [-0.15, -0.1) is 0 Å². The SMILES string of the molecule is COc1ccc(C)cc1N(CC(=O)N/N=C\c1ccc2c(c1)OCO2)S(=O)(=O)c1ccc(C)cc1. The largest absolute Gasteiger partial charge is 0.495 e. The van der Waals surface area contributed by atoms with Gasteiger partial charge < -0.3 is 14.2 Å². The van der Waals surface area contributed by atoms with E-state index < -0.39 is 22.5 Å². The molecule has 4 rings (SSSR count). The highest BCUT2D eigenvalue weighted by Crippen LogP contribution is 2.34. The monoisotopic (exact) mass is 495 g/mol. The maximum absolute atomic E-state index is 13.6. The highest BCUT2D eigenvalue weighted by atomic mass is 32.2. The Morgan fingerprint density at radius 1 is 1.03 bits per heavy atom. The lowest BCUT2D eigenvalue weighted by Gasteiger charge is -2.25. The van der Waals surface area contributed by atoms with Crippen molar-refractivity contribution in [2.45, 2.75) is 18.7 Å². The average Bonchev–Trinajstić information content (AvgIpc) is 3.31. The van der Waals surface area contributed by atoms with Gasteiger partial charge >= 0.3 is 0 Å². The number of ether oxygens (including phenoxy) is 3. The van der Waals surface area contributed by atoms with Gasteiger partial charge in [0.2, 0.25) is 6.79 Å². The predicted octanol–water partition coefficient (Wildman–Crippen LogP) is 3.39.